The number of thioether (sulfide) groups is 1. The minimum absolute atomic E-state index is 0.0677. The van der Waals surface area contributed by atoms with Crippen LogP contribution in [0.2, 0.25) is 0 Å². The lowest BCUT2D eigenvalue weighted by molar-refractivity contribution is -0.147. The lowest BCUT2D eigenvalue weighted by Gasteiger charge is -2.19. The molecule has 0 amide bonds. The molecule has 1 fully saturated rings. The van der Waals surface area contributed by atoms with E-state index < -0.39 is 11.9 Å². The normalized spacial score (nSPS) is 25.0. The molecule has 9 heavy (non-hydrogen) atoms. The molecule has 1 atom stereocenters. The van der Waals surface area contributed by atoms with Crippen molar-refractivity contribution in [3.63, 3.8) is 0 Å². The molecule has 0 radical (unpaired) electrons. The van der Waals surface area contributed by atoms with Crippen molar-refractivity contribution in [2.45, 2.75) is 0 Å². The molecule has 0 aromatic heterocycles. The Hall–Kier alpha value is -0.510. The first-order chi connectivity index (χ1) is 4.25. The van der Waals surface area contributed by atoms with Crippen molar-refractivity contribution in [1.82, 2.24) is 0 Å². The molecule has 1 aliphatic heterocycles. The average molecular weight is 146 g/mol. The maximum Gasteiger partial charge on any atom is 0.318 e. The van der Waals surface area contributed by atoms with E-state index in [1.165, 1.54) is 18.9 Å². The van der Waals surface area contributed by atoms with Crippen LogP contribution < -0.4 is 0 Å². The van der Waals surface area contributed by atoms with Gasteiger partial charge in [-0.05, 0) is 0 Å². The van der Waals surface area contributed by atoms with Crippen LogP contribution in [0.15, 0.2) is 0 Å². The van der Waals surface area contributed by atoms with Gasteiger partial charge in [0.2, 0.25) is 5.12 Å². The number of rotatable bonds is 1. The van der Waals surface area contributed by atoms with E-state index >= 15 is 0 Å². The van der Waals surface area contributed by atoms with Crippen molar-refractivity contribution in [3.05, 3.63) is 0 Å². The van der Waals surface area contributed by atoms with E-state index in [0.29, 0.717) is 5.75 Å². The van der Waals surface area contributed by atoms with Crippen molar-refractivity contribution in [1.29, 1.82) is 0 Å². The van der Waals surface area contributed by atoms with E-state index in [-0.39, 0.29) is 5.12 Å². The molecule has 1 saturated heterocycles. The van der Waals surface area contributed by atoms with Crippen LogP contribution in [0.25, 0.3) is 0 Å². The molecule has 1 rings (SSSR count). The molecule has 0 aliphatic carbocycles. The second-order valence-electron chi connectivity index (χ2n) is 1.71. The second kappa shape index (κ2) is 2.39. The summed E-state index contributed by atoms with van der Waals surface area (Å²) in [6.07, 6.45) is 0. The molecule has 0 saturated carbocycles. The minimum atomic E-state index is -0.472. The zero-order valence-electron chi connectivity index (χ0n) is 4.92. The number of hydrogen-bond acceptors (Lipinski definition) is 4. The summed E-state index contributed by atoms with van der Waals surface area (Å²) in [6, 6.07) is 0. The van der Waals surface area contributed by atoms with Crippen molar-refractivity contribution < 1.29 is 14.3 Å². The lowest BCUT2D eigenvalue weighted by Crippen LogP contribution is -2.33. The second-order valence-corrected chi connectivity index (χ2v) is 2.73. The fourth-order valence-electron chi connectivity index (χ4n) is 0.541. The Balaban J connectivity index is 2.44. The summed E-state index contributed by atoms with van der Waals surface area (Å²) in [5.74, 6) is -0.287. The number of methoxy groups -OCH3 is 1. The fourth-order valence-corrected chi connectivity index (χ4v) is 1.24. The molecule has 50 valence electrons. The molecule has 1 aliphatic rings. The van der Waals surface area contributed by atoms with Crippen molar-refractivity contribution in [3.8, 4) is 0 Å². The first-order valence-electron chi connectivity index (χ1n) is 2.50. The first kappa shape index (κ1) is 6.61. The highest BCUT2D eigenvalue weighted by Crippen LogP contribution is 2.27. The van der Waals surface area contributed by atoms with E-state index in [9.17, 15) is 9.59 Å². The molecule has 4 heteroatoms. The van der Waals surface area contributed by atoms with Crippen LogP contribution in [0.1, 0.15) is 0 Å². The van der Waals surface area contributed by atoms with Gasteiger partial charge in [0.1, 0.15) is 5.92 Å². The van der Waals surface area contributed by atoms with Gasteiger partial charge in [0.05, 0.1) is 7.11 Å². The van der Waals surface area contributed by atoms with Crippen LogP contribution in [-0.4, -0.2) is 23.9 Å². The zero-order valence-corrected chi connectivity index (χ0v) is 5.73. The lowest BCUT2D eigenvalue weighted by atomic mass is 10.2. The zero-order chi connectivity index (χ0) is 6.85. The largest absolute Gasteiger partial charge is 0.468 e. The summed E-state index contributed by atoms with van der Waals surface area (Å²) in [5, 5.41) is -0.0677. The first-order valence-corrected chi connectivity index (χ1v) is 3.48. The van der Waals surface area contributed by atoms with Crippen LogP contribution in [0, 0.1) is 5.92 Å². The van der Waals surface area contributed by atoms with E-state index in [1.54, 1.807) is 0 Å². The molecule has 0 aromatic carbocycles. The van der Waals surface area contributed by atoms with Gasteiger partial charge in [-0.3, -0.25) is 9.59 Å². The quantitative estimate of drug-likeness (QED) is 0.387. The third-order valence-electron chi connectivity index (χ3n) is 1.16. The van der Waals surface area contributed by atoms with Gasteiger partial charge in [0.25, 0.3) is 0 Å². The Labute approximate surface area is 56.8 Å². The predicted molar refractivity (Wildman–Crippen MR) is 33.0 cm³/mol. The van der Waals surface area contributed by atoms with Crippen molar-refractivity contribution in [2.75, 3.05) is 12.9 Å². The maximum absolute atomic E-state index is 10.5. The summed E-state index contributed by atoms with van der Waals surface area (Å²) in [5.41, 5.74) is 0. The molecule has 1 unspecified atom stereocenters. The summed E-state index contributed by atoms with van der Waals surface area (Å²) in [4.78, 5) is 21.0. The molecule has 0 N–H and O–H groups in total. The van der Waals surface area contributed by atoms with Gasteiger partial charge >= 0.3 is 5.97 Å². The summed E-state index contributed by atoms with van der Waals surface area (Å²) in [6.45, 7) is 0. The third-order valence-corrected chi connectivity index (χ3v) is 2.23. The van der Waals surface area contributed by atoms with Crippen molar-refractivity contribution in [2.24, 2.45) is 5.92 Å². The topological polar surface area (TPSA) is 43.4 Å². The molecule has 1 heterocycles. The molecule has 0 spiro atoms. The number of carbonyl (C=O) groups is 2. The van der Waals surface area contributed by atoms with Gasteiger partial charge in [-0.25, -0.2) is 0 Å². The Kier molecular flexibility index (Phi) is 1.75. The van der Waals surface area contributed by atoms with E-state index in [0.717, 1.165) is 0 Å². The summed E-state index contributed by atoms with van der Waals surface area (Å²) in [7, 11) is 1.29. The van der Waals surface area contributed by atoms with Crippen LogP contribution in [0.3, 0.4) is 0 Å². The Morgan fingerprint density at radius 1 is 1.89 bits per heavy atom. The average Bonchev–Trinajstić information content (AvgIpc) is 1.84. The van der Waals surface area contributed by atoms with E-state index in [1.807, 2.05) is 0 Å². The Morgan fingerprint density at radius 3 is 2.67 bits per heavy atom. The minimum Gasteiger partial charge on any atom is -0.468 e. The van der Waals surface area contributed by atoms with Gasteiger partial charge < -0.3 is 4.74 Å². The Morgan fingerprint density at radius 2 is 2.56 bits per heavy atom. The highest BCUT2D eigenvalue weighted by atomic mass is 32.2. The fraction of sp³-hybridized carbons (Fsp3) is 0.600. The smallest absolute Gasteiger partial charge is 0.318 e. The number of hydrogen-bond donors (Lipinski definition) is 0. The number of esters is 1. The highest BCUT2D eigenvalue weighted by Gasteiger charge is 2.36. The van der Waals surface area contributed by atoms with Gasteiger partial charge in [0, 0.05) is 5.75 Å². The van der Waals surface area contributed by atoms with E-state index in [2.05, 4.69) is 4.74 Å². The molecule has 0 bridgehead atoms. The number of ether oxygens (including phenoxy) is 1. The summed E-state index contributed by atoms with van der Waals surface area (Å²) < 4.78 is 4.35. The highest BCUT2D eigenvalue weighted by molar-refractivity contribution is 8.15. The van der Waals surface area contributed by atoms with Crippen LogP contribution in [0.4, 0.5) is 0 Å². The monoisotopic (exact) mass is 146 g/mol. The molecular formula is C5H6O3S. The van der Waals surface area contributed by atoms with Gasteiger partial charge in [-0.15, -0.1) is 0 Å². The molecule has 0 aromatic rings. The van der Waals surface area contributed by atoms with Crippen molar-refractivity contribution >= 4 is 22.8 Å². The molecular weight excluding hydrogens is 140 g/mol. The Bertz CT molecular complexity index is 154. The standard InChI is InChI=1S/C5H6O3S/c1-8-4(6)3-2-9-5(3)7/h3H,2H2,1H3. The van der Waals surface area contributed by atoms with E-state index in [4.69, 9.17) is 0 Å². The summed E-state index contributed by atoms with van der Waals surface area (Å²) >= 11 is 1.17. The van der Waals surface area contributed by atoms with Gasteiger partial charge in [0.15, 0.2) is 0 Å². The molecule has 3 nitrogen and oxygen atoms in total. The van der Waals surface area contributed by atoms with Gasteiger partial charge in [-0.2, -0.15) is 0 Å². The van der Waals surface area contributed by atoms with Crippen LogP contribution in [0.5, 0.6) is 0 Å². The number of carbonyl (C=O) groups excluding carboxylic acids is 2. The maximum atomic E-state index is 10.5. The third kappa shape index (κ3) is 1.08. The predicted octanol–water partition coefficient (Wildman–Crippen LogP) is 0.0490. The van der Waals surface area contributed by atoms with Crippen LogP contribution >= 0.6 is 11.8 Å². The van der Waals surface area contributed by atoms with Gasteiger partial charge in [-0.1, -0.05) is 11.8 Å². The van der Waals surface area contributed by atoms with Crippen LogP contribution in [-0.2, 0) is 14.3 Å². The SMILES string of the molecule is COC(=O)C1CSC1=O.